The predicted molar refractivity (Wildman–Crippen MR) is 97.4 cm³/mol. The van der Waals surface area contributed by atoms with Crippen molar-refractivity contribution in [2.45, 2.75) is 37.6 Å². The van der Waals surface area contributed by atoms with E-state index < -0.39 is 18.1 Å². The first kappa shape index (κ1) is 17.7. The minimum Gasteiger partial charge on any atom is -0.390 e. The number of aliphatic hydroxyl groups is 1. The van der Waals surface area contributed by atoms with Crippen molar-refractivity contribution in [2.24, 2.45) is 5.92 Å². The summed E-state index contributed by atoms with van der Waals surface area (Å²) in [5.41, 5.74) is 1.35. The summed E-state index contributed by atoms with van der Waals surface area (Å²) in [4.78, 5) is 21.4. The van der Waals surface area contributed by atoms with Crippen LogP contribution in [0.4, 0.5) is 5.69 Å². The maximum Gasteiger partial charge on any atom is 0.230 e. The Bertz CT molecular complexity index is 846. The summed E-state index contributed by atoms with van der Waals surface area (Å²) in [6, 6.07) is 4.93. The van der Waals surface area contributed by atoms with E-state index in [9.17, 15) is 9.90 Å². The SMILES string of the molecule is Cc1ncc(C2C3OC(CC3O)C2C(=O)Nc2ccc(Cl)c(Cl)c2)cn1. The third-order valence-corrected chi connectivity index (χ3v) is 5.74. The van der Waals surface area contributed by atoms with Gasteiger partial charge in [-0.05, 0) is 30.7 Å². The van der Waals surface area contributed by atoms with Crippen molar-refractivity contribution in [3.05, 3.63) is 52.0 Å². The van der Waals surface area contributed by atoms with E-state index in [1.54, 1.807) is 37.5 Å². The molecule has 0 saturated carbocycles. The van der Waals surface area contributed by atoms with E-state index in [0.29, 0.717) is 28.0 Å². The minimum absolute atomic E-state index is 0.187. The lowest BCUT2D eigenvalue weighted by Crippen LogP contribution is -2.41. The highest BCUT2D eigenvalue weighted by Gasteiger charge is 2.57. The zero-order valence-corrected chi connectivity index (χ0v) is 15.4. The van der Waals surface area contributed by atoms with Crippen LogP contribution < -0.4 is 5.32 Å². The molecule has 4 rings (SSSR count). The van der Waals surface area contributed by atoms with Gasteiger partial charge in [-0.3, -0.25) is 4.79 Å². The van der Waals surface area contributed by atoms with E-state index in [4.69, 9.17) is 27.9 Å². The molecule has 0 spiro atoms. The van der Waals surface area contributed by atoms with E-state index >= 15 is 0 Å². The van der Waals surface area contributed by atoms with Gasteiger partial charge in [-0.15, -0.1) is 0 Å². The molecule has 2 fully saturated rings. The van der Waals surface area contributed by atoms with Gasteiger partial charge in [-0.1, -0.05) is 23.2 Å². The molecule has 1 aromatic carbocycles. The topological polar surface area (TPSA) is 84.3 Å². The largest absolute Gasteiger partial charge is 0.390 e. The second-order valence-electron chi connectivity index (χ2n) is 6.68. The van der Waals surface area contributed by atoms with Gasteiger partial charge in [-0.2, -0.15) is 0 Å². The Morgan fingerprint density at radius 2 is 2.00 bits per heavy atom. The van der Waals surface area contributed by atoms with Crippen LogP contribution in [0, 0.1) is 12.8 Å². The van der Waals surface area contributed by atoms with Gasteiger partial charge >= 0.3 is 0 Å². The average molecular weight is 394 g/mol. The molecule has 2 N–H and O–H groups in total. The summed E-state index contributed by atoms with van der Waals surface area (Å²) in [5, 5.41) is 13.9. The Kier molecular flexibility index (Phi) is 4.61. The van der Waals surface area contributed by atoms with Gasteiger partial charge in [0, 0.05) is 30.4 Å². The Hall–Kier alpha value is -1.73. The number of hydrogen-bond acceptors (Lipinski definition) is 5. The molecule has 2 aliphatic rings. The number of aryl methyl sites for hydroxylation is 1. The summed E-state index contributed by atoms with van der Waals surface area (Å²) < 4.78 is 5.88. The molecule has 136 valence electrons. The van der Waals surface area contributed by atoms with Crippen molar-refractivity contribution >= 4 is 34.8 Å². The van der Waals surface area contributed by atoms with E-state index in [-0.39, 0.29) is 17.9 Å². The van der Waals surface area contributed by atoms with E-state index in [2.05, 4.69) is 15.3 Å². The van der Waals surface area contributed by atoms with Gasteiger partial charge in [0.2, 0.25) is 5.91 Å². The highest BCUT2D eigenvalue weighted by molar-refractivity contribution is 6.42. The third-order valence-electron chi connectivity index (χ3n) is 5.00. The van der Waals surface area contributed by atoms with Crippen LogP contribution in [0.1, 0.15) is 23.7 Å². The standard InChI is InChI=1S/C18H17Cl2N3O3/c1-8-21-6-9(7-22-8)15-16(14-5-13(24)17(15)26-14)18(25)23-10-2-3-11(19)12(20)4-10/h2-4,6-7,13-17,24H,5H2,1H3,(H,23,25). The number of amides is 1. The first-order valence-electron chi connectivity index (χ1n) is 8.32. The number of ether oxygens (including phenoxy) is 1. The zero-order chi connectivity index (χ0) is 18.4. The fourth-order valence-corrected chi connectivity index (χ4v) is 4.11. The Morgan fingerprint density at radius 1 is 1.27 bits per heavy atom. The Balaban J connectivity index is 1.61. The van der Waals surface area contributed by atoms with Crippen LogP contribution in [-0.2, 0) is 9.53 Å². The van der Waals surface area contributed by atoms with Gasteiger partial charge in [0.15, 0.2) is 0 Å². The number of nitrogens with one attached hydrogen (secondary N) is 1. The summed E-state index contributed by atoms with van der Waals surface area (Å²) in [7, 11) is 0. The summed E-state index contributed by atoms with van der Waals surface area (Å²) in [5.74, 6) is -0.278. The molecule has 2 aromatic rings. The quantitative estimate of drug-likeness (QED) is 0.836. The van der Waals surface area contributed by atoms with Crippen LogP contribution in [0.25, 0.3) is 0 Å². The second-order valence-corrected chi connectivity index (χ2v) is 7.49. The van der Waals surface area contributed by atoms with E-state index in [1.165, 1.54) is 0 Å². The number of hydrogen-bond donors (Lipinski definition) is 2. The minimum atomic E-state index is -0.597. The number of benzene rings is 1. The number of aliphatic hydroxyl groups excluding tert-OH is 1. The molecule has 5 atom stereocenters. The molecule has 2 saturated heterocycles. The summed E-state index contributed by atoms with van der Waals surface area (Å²) in [6.45, 7) is 1.80. The van der Waals surface area contributed by atoms with Crippen molar-refractivity contribution in [3.63, 3.8) is 0 Å². The van der Waals surface area contributed by atoms with E-state index in [0.717, 1.165) is 5.56 Å². The lowest BCUT2D eigenvalue weighted by Gasteiger charge is -2.29. The normalized spacial score (nSPS) is 29.8. The highest BCUT2D eigenvalue weighted by Crippen LogP contribution is 2.49. The number of nitrogens with zero attached hydrogens (tertiary/aromatic N) is 2. The second kappa shape index (κ2) is 6.78. The fourth-order valence-electron chi connectivity index (χ4n) is 3.81. The number of halogens is 2. The molecular formula is C18H17Cl2N3O3. The molecular weight excluding hydrogens is 377 g/mol. The highest BCUT2D eigenvalue weighted by atomic mass is 35.5. The molecule has 6 nitrogen and oxygen atoms in total. The first-order chi connectivity index (χ1) is 12.4. The van der Waals surface area contributed by atoms with Crippen LogP contribution >= 0.6 is 23.2 Å². The van der Waals surface area contributed by atoms with Crippen LogP contribution in [0.2, 0.25) is 10.0 Å². The fraction of sp³-hybridized carbons (Fsp3) is 0.389. The van der Waals surface area contributed by atoms with Crippen LogP contribution in [0.3, 0.4) is 0 Å². The van der Waals surface area contributed by atoms with Gasteiger partial charge in [0.1, 0.15) is 5.82 Å². The van der Waals surface area contributed by atoms with Crippen LogP contribution in [0.5, 0.6) is 0 Å². The number of anilines is 1. The maximum absolute atomic E-state index is 13.0. The number of aromatic nitrogens is 2. The third kappa shape index (κ3) is 3.07. The van der Waals surface area contributed by atoms with Crippen LogP contribution in [-0.4, -0.2) is 39.3 Å². The molecule has 8 heteroatoms. The number of carbonyl (C=O) groups is 1. The predicted octanol–water partition coefficient (Wildman–Crippen LogP) is 2.96. The van der Waals surface area contributed by atoms with Crippen molar-refractivity contribution in [1.82, 2.24) is 9.97 Å². The van der Waals surface area contributed by atoms with Gasteiger partial charge < -0.3 is 15.2 Å². The Morgan fingerprint density at radius 3 is 2.69 bits per heavy atom. The molecule has 0 radical (unpaired) electrons. The van der Waals surface area contributed by atoms with Crippen molar-refractivity contribution in [3.8, 4) is 0 Å². The molecule has 2 bridgehead atoms. The molecule has 0 aliphatic carbocycles. The van der Waals surface area contributed by atoms with E-state index in [1.807, 2.05) is 0 Å². The lowest BCUT2D eigenvalue weighted by atomic mass is 9.74. The number of fused-ring (bicyclic) bond motifs is 2. The molecule has 5 unspecified atom stereocenters. The summed E-state index contributed by atoms with van der Waals surface area (Å²) in [6.07, 6.45) is 2.46. The average Bonchev–Trinajstić information content (AvgIpc) is 3.16. The monoisotopic (exact) mass is 393 g/mol. The first-order valence-corrected chi connectivity index (χ1v) is 9.07. The van der Waals surface area contributed by atoms with Gasteiger partial charge in [0.05, 0.1) is 34.3 Å². The summed E-state index contributed by atoms with van der Waals surface area (Å²) >= 11 is 11.9. The van der Waals surface area contributed by atoms with Crippen molar-refractivity contribution in [1.29, 1.82) is 0 Å². The van der Waals surface area contributed by atoms with Gasteiger partial charge in [0.25, 0.3) is 0 Å². The Labute approximate surface area is 160 Å². The molecule has 1 amide bonds. The number of carbonyl (C=O) groups excluding carboxylic acids is 1. The molecule has 26 heavy (non-hydrogen) atoms. The van der Waals surface area contributed by atoms with Crippen molar-refractivity contribution < 1.29 is 14.6 Å². The smallest absolute Gasteiger partial charge is 0.230 e. The molecule has 1 aromatic heterocycles. The molecule has 2 aliphatic heterocycles. The zero-order valence-electron chi connectivity index (χ0n) is 13.9. The maximum atomic E-state index is 13.0. The van der Waals surface area contributed by atoms with Crippen molar-refractivity contribution in [2.75, 3.05) is 5.32 Å². The number of rotatable bonds is 3. The van der Waals surface area contributed by atoms with Gasteiger partial charge in [-0.25, -0.2) is 9.97 Å². The lowest BCUT2D eigenvalue weighted by molar-refractivity contribution is -0.121. The van der Waals surface area contributed by atoms with Crippen LogP contribution in [0.15, 0.2) is 30.6 Å². The molecule has 3 heterocycles.